The van der Waals surface area contributed by atoms with Crippen LogP contribution in [0.25, 0.3) is 186 Å². The van der Waals surface area contributed by atoms with Crippen molar-refractivity contribution in [1.29, 1.82) is 0 Å². The topological polar surface area (TPSA) is 19.7 Å². The van der Waals surface area contributed by atoms with Gasteiger partial charge in [0.2, 0.25) is 0 Å². The van der Waals surface area contributed by atoms with Crippen molar-refractivity contribution in [2.45, 2.75) is 0 Å². The minimum absolute atomic E-state index is 1.18. The average molecular weight is 1220 g/mol. The van der Waals surface area contributed by atoms with Gasteiger partial charge in [-0.05, 0) is 163 Å². The van der Waals surface area contributed by atoms with Gasteiger partial charge < -0.3 is 18.3 Å². The highest BCUT2D eigenvalue weighted by atomic mass is 15.0. The van der Waals surface area contributed by atoms with Crippen LogP contribution in [-0.2, 0) is 0 Å². The first-order valence-corrected chi connectivity index (χ1v) is 33.1. The summed E-state index contributed by atoms with van der Waals surface area (Å²) in [6.07, 6.45) is 0. The minimum atomic E-state index is 1.18. The van der Waals surface area contributed by atoms with Gasteiger partial charge in [-0.3, -0.25) is 0 Å². The Balaban J connectivity index is 0.000000132. The second-order valence-corrected chi connectivity index (χ2v) is 25.5. The van der Waals surface area contributed by atoms with E-state index in [-0.39, 0.29) is 0 Å². The van der Waals surface area contributed by atoms with Crippen LogP contribution in [0, 0.1) is 0 Å². The molecule has 4 heteroatoms. The largest absolute Gasteiger partial charge is 0.309 e. The lowest BCUT2D eigenvalue weighted by Crippen LogP contribution is -1.96. The molecule has 446 valence electrons. The average Bonchev–Trinajstić information content (AvgIpc) is 1.60. The van der Waals surface area contributed by atoms with Crippen molar-refractivity contribution in [3.63, 3.8) is 0 Å². The van der Waals surface area contributed by atoms with Gasteiger partial charge in [0.1, 0.15) is 0 Å². The van der Waals surface area contributed by atoms with Crippen molar-refractivity contribution in [3.8, 4) is 45.0 Å². The Morgan fingerprint density at radius 1 is 0.135 bits per heavy atom. The van der Waals surface area contributed by atoms with Gasteiger partial charge in [0.15, 0.2) is 0 Å². The smallest absolute Gasteiger partial charge is 0.0546 e. The molecule has 4 aromatic heterocycles. The highest BCUT2D eigenvalue weighted by Gasteiger charge is 2.21. The number of nitrogens with zero attached hydrogens (tertiary/aromatic N) is 4. The molecule has 0 N–H and O–H groups in total. The number of para-hydroxylation sites is 4. The van der Waals surface area contributed by atoms with Crippen molar-refractivity contribution in [1.82, 2.24) is 18.3 Å². The molecule has 0 fully saturated rings. The summed E-state index contributed by atoms with van der Waals surface area (Å²) in [4.78, 5) is 0. The van der Waals surface area contributed by atoms with E-state index in [9.17, 15) is 0 Å². The van der Waals surface area contributed by atoms with Gasteiger partial charge >= 0.3 is 0 Å². The number of hydrogen-bond acceptors (Lipinski definition) is 0. The van der Waals surface area contributed by atoms with E-state index in [0.717, 1.165) is 0 Å². The van der Waals surface area contributed by atoms with E-state index < -0.39 is 0 Å². The van der Waals surface area contributed by atoms with Crippen LogP contribution in [-0.4, -0.2) is 18.3 Å². The zero-order valence-corrected chi connectivity index (χ0v) is 52.3. The molecule has 0 amide bonds. The van der Waals surface area contributed by atoms with Gasteiger partial charge in [-0.25, -0.2) is 0 Å². The minimum Gasteiger partial charge on any atom is -0.309 e. The van der Waals surface area contributed by atoms with Crippen molar-refractivity contribution < 1.29 is 0 Å². The summed E-state index contributed by atoms with van der Waals surface area (Å²) in [6.45, 7) is 0. The first kappa shape index (κ1) is 53.9. The predicted octanol–water partition coefficient (Wildman–Crippen LogP) is 24.9. The molecule has 21 aromatic rings. The molecule has 4 heterocycles. The molecular formula is C92H58N4. The lowest BCUT2D eigenvalue weighted by atomic mass is 9.99. The second-order valence-electron chi connectivity index (χ2n) is 25.5. The van der Waals surface area contributed by atoms with Crippen molar-refractivity contribution in [2.75, 3.05) is 0 Å². The zero-order valence-electron chi connectivity index (χ0n) is 52.3. The summed E-state index contributed by atoms with van der Waals surface area (Å²) >= 11 is 0. The molecule has 0 bridgehead atoms. The molecule has 21 rings (SSSR count). The van der Waals surface area contributed by atoms with E-state index in [2.05, 4.69) is 370 Å². The molecule has 0 atom stereocenters. The summed E-state index contributed by atoms with van der Waals surface area (Å²) in [5.74, 6) is 0. The van der Waals surface area contributed by atoms with Crippen molar-refractivity contribution in [2.24, 2.45) is 0 Å². The maximum Gasteiger partial charge on any atom is 0.0546 e. The van der Waals surface area contributed by atoms with Gasteiger partial charge in [0.25, 0.3) is 0 Å². The first-order chi connectivity index (χ1) is 47.6. The third kappa shape index (κ3) is 8.29. The van der Waals surface area contributed by atoms with E-state index in [1.807, 2.05) is 0 Å². The fourth-order valence-corrected chi connectivity index (χ4v) is 16.0. The van der Waals surface area contributed by atoms with E-state index >= 15 is 0 Å². The summed E-state index contributed by atoms with van der Waals surface area (Å²) < 4.78 is 9.73. The number of hydrogen-bond donors (Lipinski definition) is 0. The Kier molecular flexibility index (Phi) is 12.0. The molecule has 96 heavy (non-hydrogen) atoms. The van der Waals surface area contributed by atoms with E-state index in [0.29, 0.717) is 0 Å². The fourth-order valence-electron chi connectivity index (χ4n) is 16.0. The lowest BCUT2D eigenvalue weighted by Gasteiger charge is -2.14. The summed E-state index contributed by atoms with van der Waals surface area (Å²) in [7, 11) is 0. The highest BCUT2D eigenvalue weighted by Crippen LogP contribution is 2.44. The van der Waals surface area contributed by atoms with Crippen LogP contribution in [0.1, 0.15) is 0 Å². The first-order valence-electron chi connectivity index (χ1n) is 33.1. The standard InChI is InChI=1S/C48H30N2.C44H28N2/c1-4-16-36-31(12-1)14-11-23-43(36)49-44-21-9-7-19-39(44)41-28-32(24-26-46(41)49)33-25-27-47-42(29-33)40-20-8-10-22-45(40)50(47)48-30-34-13-2-3-15-35(34)37-17-5-6-18-38(37)48;1-2-12-31-26-34(23-20-29(31)10-1)45-41-17-7-5-15-36(41)38-27-32(21-24-43(38)45)33-22-25-44-39(28-33)37-16-6-8-18-42(37)46(44)40-19-9-13-30-11-3-4-14-35(30)40/h1-30H;1-28H. The fraction of sp³-hybridized carbons (Fsp3) is 0. The molecule has 0 spiro atoms. The van der Waals surface area contributed by atoms with Crippen LogP contribution in [0.5, 0.6) is 0 Å². The molecule has 0 unspecified atom stereocenters. The van der Waals surface area contributed by atoms with Gasteiger partial charge in [-0.1, -0.05) is 249 Å². The quantitative estimate of drug-likeness (QED) is 0.148. The summed E-state index contributed by atoms with van der Waals surface area (Å²) in [5.41, 5.74) is 19.4. The van der Waals surface area contributed by atoms with Crippen molar-refractivity contribution >= 4 is 141 Å². The molecule has 4 nitrogen and oxygen atoms in total. The maximum atomic E-state index is 2.46. The van der Waals surface area contributed by atoms with Gasteiger partial charge in [-0.15, -0.1) is 0 Å². The molecular weight excluding hydrogens is 1160 g/mol. The summed E-state index contributed by atoms with van der Waals surface area (Å²) in [6, 6.07) is 129. The molecule has 0 aliphatic heterocycles. The van der Waals surface area contributed by atoms with Crippen LogP contribution in [0.15, 0.2) is 352 Å². The third-order valence-corrected chi connectivity index (χ3v) is 20.4. The molecule has 0 aliphatic carbocycles. The lowest BCUT2D eigenvalue weighted by molar-refractivity contribution is 1.19. The van der Waals surface area contributed by atoms with Crippen LogP contribution in [0.4, 0.5) is 0 Å². The number of rotatable bonds is 6. The number of benzene rings is 17. The van der Waals surface area contributed by atoms with E-state index in [1.165, 1.54) is 186 Å². The number of fused-ring (bicyclic) bond motifs is 18. The van der Waals surface area contributed by atoms with Crippen LogP contribution in [0.2, 0.25) is 0 Å². The molecule has 0 radical (unpaired) electrons. The Hall–Kier alpha value is -12.8. The summed E-state index contributed by atoms with van der Waals surface area (Å²) in [5, 5.41) is 22.7. The van der Waals surface area contributed by atoms with Crippen LogP contribution >= 0.6 is 0 Å². The monoisotopic (exact) mass is 1220 g/mol. The second kappa shape index (κ2) is 21.4. The molecule has 0 saturated heterocycles. The van der Waals surface area contributed by atoms with Crippen LogP contribution in [0.3, 0.4) is 0 Å². The SMILES string of the molecule is c1ccc2c(-n3c4ccccc4c4cc(-c5ccc6c(c5)c5ccccc5n6-c5cc6ccccc6c6ccccc56)ccc43)cccc2c1.c1ccc2cc(-n3c4ccccc4c4cc(-c5ccc6c(c5)c5ccccc5n6-c5cccc6ccccc56)ccc43)ccc2c1. The van der Waals surface area contributed by atoms with Gasteiger partial charge in [-0.2, -0.15) is 0 Å². The van der Waals surface area contributed by atoms with E-state index in [1.54, 1.807) is 0 Å². The molecule has 0 aliphatic rings. The number of aromatic nitrogens is 4. The van der Waals surface area contributed by atoms with Gasteiger partial charge in [0, 0.05) is 64.9 Å². The Labute approximate surface area is 552 Å². The zero-order chi connectivity index (χ0) is 63.0. The molecule has 0 saturated carbocycles. The Morgan fingerprint density at radius 3 is 0.906 bits per heavy atom. The van der Waals surface area contributed by atoms with E-state index in [4.69, 9.17) is 0 Å². The predicted molar refractivity (Wildman–Crippen MR) is 409 cm³/mol. The Bertz CT molecular complexity index is 6780. The highest BCUT2D eigenvalue weighted by molar-refractivity contribution is 6.18. The Morgan fingerprint density at radius 2 is 0.448 bits per heavy atom. The normalized spacial score (nSPS) is 12.0. The van der Waals surface area contributed by atoms with Crippen molar-refractivity contribution in [3.05, 3.63) is 352 Å². The maximum absolute atomic E-state index is 2.46. The van der Waals surface area contributed by atoms with Crippen LogP contribution < -0.4 is 0 Å². The van der Waals surface area contributed by atoms with Gasteiger partial charge in [0.05, 0.1) is 61.2 Å². The third-order valence-electron chi connectivity index (χ3n) is 20.4. The molecule has 17 aromatic carbocycles.